The Morgan fingerprint density at radius 3 is 2.68 bits per heavy atom. The van der Waals surface area contributed by atoms with Gasteiger partial charge in [0.1, 0.15) is 12.4 Å². The lowest BCUT2D eigenvalue weighted by Crippen LogP contribution is -2.35. The van der Waals surface area contributed by atoms with Crippen LogP contribution in [0.3, 0.4) is 0 Å². The molecule has 0 bridgehead atoms. The summed E-state index contributed by atoms with van der Waals surface area (Å²) in [4.78, 5) is 27.9. The lowest BCUT2D eigenvalue weighted by molar-refractivity contribution is -0.133. The van der Waals surface area contributed by atoms with Crippen molar-refractivity contribution in [1.82, 2.24) is 4.90 Å². The number of amides is 2. The summed E-state index contributed by atoms with van der Waals surface area (Å²) >= 11 is 7.88. The summed E-state index contributed by atoms with van der Waals surface area (Å²) in [5.41, 5.74) is 2.81. The van der Waals surface area contributed by atoms with E-state index in [4.69, 9.17) is 16.3 Å². The second kappa shape index (κ2) is 9.98. The van der Waals surface area contributed by atoms with Gasteiger partial charge in [0.25, 0.3) is 0 Å². The van der Waals surface area contributed by atoms with E-state index in [9.17, 15) is 9.59 Å². The van der Waals surface area contributed by atoms with Crippen molar-refractivity contribution in [3.8, 4) is 5.75 Å². The molecule has 4 rings (SSSR count). The zero-order valence-corrected chi connectivity index (χ0v) is 18.5. The largest absolute Gasteiger partial charge is 0.489 e. The first-order chi connectivity index (χ1) is 15.1. The average molecular weight is 455 g/mol. The Kier molecular flexibility index (Phi) is 6.89. The molecule has 5 nitrogen and oxygen atoms in total. The Bertz CT molecular complexity index is 1060. The average Bonchev–Trinajstić information content (AvgIpc) is 3.26. The molecule has 1 N–H and O–H groups in total. The summed E-state index contributed by atoms with van der Waals surface area (Å²) in [5, 5.41) is 5.57. The van der Waals surface area contributed by atoms with Gasteiger partial charge in [-0.25, -0.2) is 0 Å². The van der Waals surface area contributed by atoms with Gasteiger partial charge in [-0.3, -0.25) is 9.59 Å². The highest BCUT2D eigenvalue weighted by Gasteiger charge is 2.21. The predicted molar refractivity (Wildman–Crippen MR) is 124 cm³/mol. The zero-order valence-electron chi connectivity index (χ0n) is 17.0. The molecule has 0 saturated carbocycles. The molecule has 0 fully saturated rings. The van der Waals surface area contributed by atoms with E-state index in [1.807, 2.05) is 29.2 Å². The minimum absolute atomic E-state index is 0.0234. The quantitative estimate of drug-likeness (QED) is 0.528. The molecule has 1 aromatic heterocycles. The summed E-state index contributed by atoms with van der Waals surface area (Å²) in [6.45, 7) is 1.75. The van der Waals surface area contributed by atoms with Crippen LogP contribution in [0.1, 0.15) is 28.8 Å². The standard InChI is InChI=1S/C24H23ClN2O3S/c25-21-4-2-1-3-18(21)16-30-20-7-5-19(6-8-20)26-23(28)9-10-24(29)27-13-11-22-17(15-27)12-14-31-22/h1-8,12,14H,9-11,13,15-16H2,(H,26,28). The fraction of sp³-hybridized carbons (Fsp3) is 0.250. The molecule has 3 aromatic rings. The van der Waals surface area contributed by atoms with Crippen molar-refractivity contribution in [3.05, 3.63) is 81.0 Å². The van der Waals surface area contributed by atoms with E-state index in [2.05, 4.69) is 16.8 Å². The van der Waals surface area contributed by atoms with Gasteiger partial charge in [-0.05, 0) is 53.8 Å². The van der Waals surface area contributed by atoms with E-state index in [1.54, 1.807) is 35.6 Å². The molecule has 1 aliphatic heterocycles. The number of benzene rings is 2. The van der Waals surface area contributed by atoms with Crippen molar-refractivity contribution < 1.29 is 14.3 Å². The van der Waals surface area contributed by atoms with Crippen LogP contribution in [0, 0.1) is 0 Å². The number of anilines is 1. The molecule has 7 heteroatoms. The van der Waals surface area contributed by atoms with Crippen LogP contribution in [0.2, 0.25) is 5.02 Å². The highest BCUT2D eigenvalue weighted by molar-refractivity contribution is 7.10. The molecule has 160 valence electrons. The first kappa shape index (κ1) is 21.4. The molecule has 0 atom stereocenters. The fourth-order valence-corrected chi connectivity index (χ4v) is 4.55. The van der Waals surface area contributed by atoms with Gasteiger partial charge in [0, 0.05) is 47.1 Å². The van der Waals surface area contributed by atoms with Gasteiger partial charge in [0.15, 0.2) is 0 Å². The zero-order chi connectivity index (χ0) is 21.6. The molecular formula is C24H23ClN2O3S. The molecular weight excluding hydrogens is 432 g/mol. The Morgan fingerprint density at radius 1 is 1.06 bits per heavy atom. The Hall–Kier alpha value is -2.83. The van der Waals surface area contributed by atoms with Crippen molar-refractivity contribution in [2.45, 2.75) is 32.4 Å². The number of ether oxygens (including phenoxy) is 1. The van der Waals surface area contributed by atoms with Crippen molar-refractivity contribution in [1.29, 1.82) is 0 Å². The van der Waals surface area contributed by atoms with Gasteiger partial charge in [-0.2, -0.15) is 0 Å². The van der Waals surface area contributed by atoms with Crippen molar-refractivity contribution >= 4 is 40.4 Å². The second-order valence-electron chi connectivity index (χ2n) is 7.39. The van der Waals surface area contributed by atoms with E-state index in [0.717, 1.165) is 18.5 Å². The minimum Gasteiger partial charge on any atom is -0.489 e. The molecule has 0 spiro atoms. The Balaban J connectivity index is 1.21. The van der Waals surface area contributed by atoms with Gasteiger partial charge in [0.2, 0.25) is 11.8 Å². The molecule has 0 radical (unpaired) electrons. The van der Waals surface area contributed by atoms with Crippen molar-refractivity contribution in [2.75, 3.05) is 11.9 Å². The monoisotopic (exact) mass is 454 g/mol. The van der Waals surface area contributed by atoms with Crippen LogP contribution in [0.25, 0.3) is 0 Å². The normalized spacial score (nSPS) is 12.9. The second-order valence-corrected chi connectivity index (χ2v) is 8.79. The van der Waals surface area contributed by atoms with Gasteiger partial charge in [-0.1, -0.05) is 29.8 Å². The third-order valence-electron chi connectivity index (χ3n) is 5.22. The number of hydrogen-bond acceptors (Lipinski definition) is 4. The van der Waals surface area contributed by atoms with Crippen LogP contribution < -0.4 is 10.1 Å². The van der Waals surface area contributed by atoms with Crippen LogP contribution in [0.4, 0.5) is 5.69 Å². The summed E-state index contributed by atoms with van der Waals surface area (Å²) in [5.74, 6) is 0.535. The maximum atomic E-state index is 12.5. The van der Waals surface area contributed by atoms with Gasteiger partial charge >= 0.3 is 0 Å². The smallest absolute Gasteiger partial charge is 0.224 e. The number of carbonyl (C=O) groups excluding carboxylic acids is 2. The lowest BCUT2D eigenvalue weighted by atomic mass is 10.1. The van der Waals surface area contributed by atoms with Crippen LogP contribution in [-0.2, 0) is 29.2 Å². The van der Waals surface area contributed by atoms with Crippen LogP contribution >= 0.6 is 22.9 Å². The molecule has 2 aromatic carbocycles. The SMILES string of the molecule is O=C(CCC(=O)N1CCc2sccc2C1)Nc1ccc(OCc2ccccc2Cl)cc1. The highest BCUT2D eigenvalue weighted by atomic mass is 35.5. The van der Waals surface area contributed by atoms with Gasteiger partial charge < -0.3 is 15.0 Å². The predicted octanol–water partition coefficient (Wildman–Crippen LogP) is 5.28. The molecule has 0 aliphatic carbocycles. The number of hydrogen-bond donors (Lipinski definition) is 1. The van der Waals surface area contributed by atoms with Crippen LogP contribution in [0.5, 0.6) is 5.75 Å². The molecule has 2 heterocycles. The molecule has 31 heavy (non-hydrogen) atoms. The Morgan fingerprint density at radius 2 is 1.87 bits per heavy atom. The van der Waals surface area contributed by atoms with Crippen molar-refractivity contribution in [3.63, 3.8) is 0 Å². The van der Waals surface area contributed by atoms with E-state index >= 15 is 0 Å². The third kappa shape index (κ3) is 5.66. The number of carbonyl (C=O) groups is 2. The van der Waals surface area contributed by atoms with Crippen LogP contribution in [-0.4, -0.2) is 23.3 Å². The van der Waals surface area contributed by atoms with Crippen LogP contribution in [0.15, 0.2) is 60.0 Å². The number of thiophene rings is 1. The summed E-state index contributed by atoms with van der Waals surface area (Å²) < 4.78 is 5.75. The van der Waals surface area contributed by atoms with Gasteiger partial charge in [-0.15, -0.1) is 11.3 Å². The number of rotatable bonds is 7. The van der Waals surface area contributed by atoms with E-state index in [-0.39, 0.29) is 24.7 Å². The maximum absolute atomic E-state index is 12.5. The summed E-state index contributed by atoms with van der Waals surface area (Å²) in [7, 11) is 0. The number of nitrogens with one attached hydrogen (secondary N) is 1. The molecule has 1 aliphatic rings. The first-order valence-electron chi connectivity index (χ1n) is 10.2. The highest BCUT2D eigenvalue weighted by Crippen LogP contribution is 2.25. The lowest BCUT2D eigenvalue weighted by Gasteiger charge is -2.27. The first-order valence-corrected chi connectivity index (χ1v) is 11.4. The number of nitrogens with zero attached hydrogens (tertiary/aromatic N) is 1. The van der Waals surface area contributed by atoms with E-state index in [1.165, 1.54) is 10.4 Å². The van der Waals surface area contributed by atoms with E-state index < -0.39 is 0 Å². The molecule has 0 saturated heterocycles. The maximum Gasteiger partial charge on any atom is 0.224 e. The van der Waals surface area contributed by atoms with Crippen molar-refractivity contribution in [2.24, 2.45) is 0 Å². The van der Waals surface area contributed by atoms with E-state index in [0.29, 0.717) is 29.6 Å². The Labute approximate surface area is 190 Å². The number of halogens is 1. The fourth-order valence-electron chi connectivity index (χ4n) is 3.47. The topological polar surface area (TPSA) is 58.6 Å². The van der Waals surface area contributed by atoms with Gasteiger partial charge in [0.05, 0.1) is 0 Å². The molecule has 0 unspecified atom stereocenters. The summed E-state index contributed by atoms with van der Waals surface area (Å²) in [6, 6.07) is 16.8. The minimum atomic E-state index is -0.175. The number of fused-ring (bicyclic) bond motifs is 1. The molecule has 2 amide bonds. The summed E-state index contributed by atoms with van der Waals surface area (Å²) in [6.07, 6.45) is 1.27. The third-order valence-corrected chi connectivity index (χ3v) is 6.61.